The van der Waals surface area contributed by atoms with Gasteiger partial charge in [0.2, 0.25) is 0 Å². The van der Waals surface area contributed by atoms with Crippen molar-refractivity contribution >= 4 is 6.03 Å². The van der Waals surface area contributed by atoms with E-state index in [0.29, 0.717) is 31.1 Å². The number of nitrogens with one attached hydrogen (secondary N) is 2. The molecule has 2 amide bonds. The van der Waals surface area contributed by atoms with E-state index in [4.69, 9.17) is 9.47 Å². The first kappa shape index (κ1) is 21.9. The van der Waals surface area contributed by atoms with E-state index in [9.17, 15) is 9.18 Å². The van der Waals surface area contributed by atoms with Crippen LogP contribution in [-0.4, -0.2) is 44.8 Å². The Morgan fingerprint density at radius 2 is 1.93 bits per heavy atom. The normalized spacial score (nSPS) is 15.9. The number of carbonyl (C=O) groups excluding carboxylic acids is 1. The van der Waals surface area contributed by atoms with Crippen molar-refractivity contribution in [3.8, 4) is 11.5 Å². The number of ether oxygens (including phenoxy) is 2. The van der Waals surface area contributed by atoms with Crippen molar-refractivity contribution in [2.24, 2.45) is 0 Å². The number of rotatable bonds is 8. The van der Waals surface area contributed by atoms with Crippen LogP contribution in [0.25, 0.3) is 0 Å². The van der Waals surface area contributed by atoms with Gasteiger partial charge in [0.1, 0.15) is 5.82 Å². The average molecular weight is 416 g/mol. The topological polar surface area (TPSA) is 62.8 Å². The molecule has 2 N–H and O–H groups in total. The molecule has 1 aliphatic rings. The van der Waals surface area contributed by atoms with Crippen molar-refractivity contribution in [2.45, 2.75) is 32.4 Å². The van der Waals surface area contributed by atoms with Crippen molar-refractivity contribution in [2.75, 3.05) is 33.9 Å². The number of amides is 2. The number of hydrogen-bond acceptors (Lipinski definition) is 4. The number of methoxy groups -OCH3 is 2. The Bertz CT molecular complexity index is 875. The quantitative estimate of drug-likeness (QED) is 0.691. The summed E-state index contributed by atoms with van der Waals surface area (Å²) in [7, 11) is 3.24. The third-order valence-electron chi connectivity index (χ3n) is 5.38. The molecule has 162 valence electrons. The lowest BCUT2D eigenvalue weighted by Crippen LogP contribution is -2.44. The van der Waals surface area contributed by atoms with Gasteiger partial charge in [-0.2, -0.15) is 0 Å². The predicted octanol–water partition coefficient (Wildman–Crippen LogP) is 3.65. The van der Waals surface area contributed by atoms with Crippen LogP contribution in [0.5, 0.6) is 11.5 Å². The third-order valence-corrected chi connectivity index (χ3v) is 5.38. The molecule has 0 aromatic heterocycles. The van der Waals surface area contributed by atoms with Crippen LogP contribution in [-0.2, 0) is 13.0 Å². The van der Waals surface area contributed by atoms with Crippen molar-refractivity contribution < 1.29 is 18.7 Å². The van der Waals surface area contributed by atoms with Crippen LogP contribution in [0.4, 0.5) is 9.18 Å². The summed E-state index contributed by atoms with van der Waals surface area (Å²) in [4.78, 5) is 14.4. The maximum Gasteiger partial charge on any atom is 0.314 e. The Labute approximate surface area is 177 Å². The van der Waals surface area contributed by atoms with Crippen LogP contribution in [0.2, 0.25) is 0 Å². The largest absolute Gasteiger partial charge is 0.493 e. The Hall–Kier alpha value is -2.80. The van der Waals surface area contributed by atoms with E-state index in [-0.39, 0.29) is 17.9 Å². The molecule has 0 saturated carbocycles. The predicted molar refractivity (Wildman–Crippen MR) is 114 cm³/mol. The molecular weight excluding hydrogens is 385 g/mol. The number of nitrogens with zero attached hydrogens (tertiary/aromatic N) is 1. The van der Waals surface area contributed by atoms with E-state index in [1.807, 2.05) is 25.1 Å². The lowest BCUT2D eigenvalue weighted by atomic mass is 9.91. The summed E-state index contributed by atoms with van der Waals surface area (Å²) >= 11 is 0. The molecule has 1 atom stereocenters. The summed E-state index contributed by atoms with van der Waals surface area (Å²) in [5.74, 6) is 1.11. The Morgan fingerprint density at radius 1 is 1.17 bits per heavy atom. The SMILES string of the molecule is CCCNC(=O)NCC1c2cc(OC)c(OC)cc2CCN1Cc1cccc(F)c1. The number of fused-ring (bicyclic) bond motifs is 1. The van der Waals surface area contributed by atoms with Gasteiger partial charge in [0.05, 0.1) is 20.3 Å². The molecule has 6 nitrogen and oxygen atoms in total. The highest BCUT2D eigenvalue weighted by Crippen LogP contribution is 2.38. The smallest absolute Gasteiger partial charge is 0.314 e. The first-order valence-electron chi connectivity index (χ1n) is 10.3. The summed E-state index contributed by atoms with van der Waals surface area (Å²) in [6.45, 7) is 4.47. The number of hydrogen-bond donors (Lipinski definition) is 2. The third kappa shape index (κ3) is 5.21. The Morgan fingerprint density at radius 3 is 2.63 bits per heavy atom. The summed E-state index contributed by atoms with van der Waals surface area (Å²) in [5.41, 5.74) is 3.16. The molecule has 0 bridgehead atoms. The molecule has 1 unspecified atom stereocenters. The van der Waals surface area contributed by atoms with Gasteiger partial charge >= 0.3 is 6.03 Å². The van der Waals surface area contributed by atoms with E-state index in [1.165, 1.54) is 11.6 Å². The van der Waals surface area contributed by atoms with Gasteiger partial charge in [-0.25, -0.2) is 9.18 Å². The molecule has 1 aliphatic heterocycles. The van der Waals surface area contributed by atoms with Crippen LogP contribution in [0, 0.1) is 5.82 Å². The van der Waals surface area contributed by atoms with Crippen LogP contribution >= 0.6 is 0 Å². The van der Waals surface area contributed by atoms with Gasteiger partial charge in [-0.05, 0) is 53.8 Å². The summed E-state index contributed by atoms with van der Waals surface area (Å²) in [6.07, 6.45) is 1.71. The number of benzene rings is 2. The van der Waals surface area contributed by atoms with Gasteiger partial charge in [0.25, 0.3) is 0 Å². The highest BCUT2D eigenvalue weighted by Gasteiger charge is 2.29. The second kappa shape index (κ2) is 10.3. The first-order valence-corrected chi connectivity index (χ1v) is 10.3. The van der Waals surface area contributed by atoms with Crippen LogP contribution in [0.3, 0.4) is 0 Å². The van der Waals surface area contributed by atoms with Gasteiger partial charge in [0, 0.05) is 26.2 Å². The minimum atomic E-state index is -0.245. The zero-order valence-corrected chi connectivity index (χ0v) is 17.8. The van der Waals surface area contributed by atoms with E-state index < -0.39 is 0 Å². The lowest BCUT2D eigenvalue weighted by molar-refractivity contribution is 0.170. The number of carbonyl (C=O) groups is 1. The van der Waals surface area contributed by atoms with Gasteiger partial charge in [-0.1, -0.05) is 19.1 Å². The number of halogens is 1. The highest BCUT2D eigenvalue weighted by molar-refractivity contribution is 5.73. The van der Waals surface area contributed by atoms with Gasteiger partial charge in [-0.15, -0.1) is 0 Å². The summed E-state index contributed by atoms with van der Waals surface area (Å²) in [5, 5.41) is 5.83. The summed E-state index contributed by atoms with van der Waals surface area (Å²) < 4.78 is 24.7. The van der Waals surface area contributed by atoms with E-state index in [1.54, 1.807) is 26.4 Å². The Balaban J connectivity index is 1.87. The van der Waals surface area contributed by atoms with Crippen molar-refractivity contribution in [3.05, 3.63) is 58.9 Å². The molecule has 0 fully saturated rings. The first-order chi connectivity index (χ1) is 14.5. The standard InChI is InChI=1S/C23H30FN3O3/c1-4-9-25-23(28)26-14-20-19-13-22(30-3)21(29-2)12-17(19)8-10-27(20)15-16-6-5-7-18(24)11-16/h5-7,11-13,20H,4,8-10,14-15H2,1-3H3,(H2,25,26,28). The van der Waals surface area contributed by atoms with Crippen molar-refractivity contribution in [1.82, 2.24) is 15.5 Å². The lowest BCUT2D eigenvalue weighted by Gasteiger charge is -2.38. The minimum Gasteiger partial charge on any atom is -0.493 e. The van der Waals surface area contributed by atoms with Crippen molar-refractivity contribution in [3.63, 3.8) is 0 Å². The Kier molecular flexibility index (Phi) is 7.52. The highest BCUT2D eigenvalue weighted by atomic mass is 19.1. The fraction of sp³-hybridized carbons (Fsp3) is 0.435. The van der Waals surface area contributed by atoms with E-state index >= 15 is 0 Å². The molecule has 7 heteroatoms. The molecule has 0 radical (unpaired) electrons. The second-order valence-corrected chi connectivity index (χ2v) is 7.41. The molecule has 1 heterocycles. The van der Waals surface area contributed by atoms with E-state index in [2.05, 4.69) is 15.5 Å². The van der Waals surface area contributed by atoms with Crippen LogP contribution in [0.15, 0.2) is 36.4 Å². The maximum absolute atomic E-state index is 13.7. The molecule has 0 saturated heterocycles. The minimum absolute atomic E-state index is 0.0656. The fourth-order valence-corrected chi connectivity index (χ4v) is 3.87. The average Bonchev–Trinajstić information content (AvgIpc) is 2.75. The van der Waals surface area contributed by atoms with Crippen molar-refractivity contribution in [1.29, 1.82) is 0 Å². The molecule has 0 aliphatic carbocycles. The monoisotopic (exact) mass is 415 g/mol. The van der Waals surface area contributed by atoms with Gasteiger partial charge in [-0.3, -0.25) is 4.90 Å². The van der Waals surface area contributed by atoms with E-state index in [0.717, 1.165) is 30.5 Å². The van der Waals surface area contributed by atoms with Crippen LogP contribution < -0.4 is 20.1 Å². The fourth-order valence-electron chi connectivity index (χ4n) is 3.87. The number of urea groups is 1. The molecular formula is C23H30FN3O3. The zero-order valence-electron chi connectivity index (χ0n) is 17.8. The van der Waals surface area contributed by atoms with Gasteiger partial charge in [0.15, 0.2) is 11.5 Å². The van der Waals surface area contributed by atoms with Gasteiger partial charge < -0.3 is 20.1 Å². The molecule has 0 spiro atoms. The molecule has 2 aromatic carbocycles. The zero-order chi connectivity index (χ0) is 21.5. The molecule has 2 aromatic rings. The van der Waals surface area contributed by atoms with Crippen LogP contribution in [0.1, 0.15) is 36.1 Å². The second-order valence-electron chi connectivity index (χ2n) is 7.41. The molecule has 3 rings (SSSR count). The summed E-state index contributed by atoms with van der Waals surface area (Å²) in [6, 6.07) is 10.4. The molecule has 30 heavy (non-hydrogen) atoms. The maximum atomic E-state index is 13.7.